The Hall–Kier alpha value is -1.37. The van der Waals surface area contributed by atoms with Gasteiger partial charge in [-0.25, -0.2) is 9.59 Å². The van der Waals surface area contributed by atoms with Crippen molar-refractivity contribution in [3.8, 4) is 0 Å². The molecule has 0 aliphatic heterocycles. The van der Waals surface area contributed by atoms with Crippen LogP contribution in [-0.4, -0.2) is 47.6 Å². The number of methoxy groups -OCH3 is 1. The number of esters is 1. The zero-order chi connectivity index (χ0) is 12.4. The van der Waals surface area contributed by atoms with E-state index in [1.54, 1.807) is 0 Å². The molecular formula is C9H16NO5Si+. The Morgan fingerprint density at radius 3 is 2.69 bits per heavy atom. The van der Waals surface area contributed by atoms with E-state index in [1.165, 1.54) is 7.11 Å². The Morgan fingerprint density at radius 1 is 1.50 bits per heavy atom. The minimum absolute atomic E-state index is 0.124. The molecule has 0 fully saturated rings. The van der Waals surface area contributed by atoms with E-state index in [9.17, 15) is 14.4 Å². The molecule has 6 nitrogen and oxygen atoms in total. The summed E-state index contributed by atoms with van der Waals surface area (Å²) in [4.78, 5) is 32.6. The quantitative estimate of drug-likeness (QED) is 0.290. The number of ether oxygens (including phenoxy) is 2. The van der Waals surface area contributed by atoms with Gasteiger partial charge in [0.2, 0.25) is 0 Å². The van der Waals surface area contributed by atoms with Gasteiger partial charge in [-0.15, -0.1) is 0 Å². The van der Waals surface area contributed by atoms with E-state index in [-0.39, 0.29) is 15.9 Å². The monoisotopic (exact) mass is 246 g/mol. The molecule has 1 atom stereocenters. The maximum Gasteiger partial charge on any atom is 0.407 e. The Labute approximate surface area is 96.5 Å². The molecule has 0 aliphatic rings. The lowest BCUT2D eigenvalue weighted by molar-refractivity contribution is -0.143. The number of carbonyl (C=O) groups is 3. The maximum atomic E-state index is 11.2. The second-order valence-electron chi connectivity index (χ2n) is 2.96. The smallest absolute Gasteiger partial charge is 0.407 e. The zero-order valence-electron chi connectivity index (χ0n) is 9.39. The Bertz CT molecular complexity index is 246. The first-order chi connectivity index (χ1) is 7.65. The molecule has 0 spiro atoms. The normalized spacial score (nSPS) is 11.1. The third-order valence-electron chi connectivity index (χ3n) is 1.75. The van der Waals surface area contributed by atoms with Gasteiger partial charge in [0.1, 0.15) is 25.0 Å². The molecule has 16 heavy (non-hydrogen) atoms. The van der Waals surface area contributed by atoms with Crippen LogP contribution in [0.4, 0.5) is 4.79 Å². The molecule has 1 amide bonds. The van der Waals surface area contributed by atoms with Gasteiger partial charge in [0, 0.05) is 6.42 Å². The number of hydrogen-bond donors (Lipinski definition) is 1. The van der Waals surface area contributed by atoms with E-state index < -0.39 is 18.1 Å². The second kappa shape index (κ2) is 8.90. The summed E-state index contributed by atoms with van der Waals surface area (Å²) in [5, 5.41) is 2.27. The van der Waals surface area contributed by atoms with E-state index in [4.69, 9.17) is 4.74 Å². The minimum Gasteiger partial charge on any atom is -0.467 e. The van der Waals surface area contributed by atoms with E-state index in [1.807, 2.05) is 6.55 Å². The zero-order valence-corrected chi connectivity index (χ0v) is 10.5. The predicted molar refractivity (Wildman–Crippen MR) is 58.8 cm³/mol. The van der Waals surface area contributed by atoms with Crippen LogP contribution in [0.25, 0.3) is 0 Å². The number of hydrogen-bond acceptors (Lipinski definition) is 5. The molecule has 0 saturated carbocycles. The number of alkyl carbamates (subject to hydrolysis) is 1. The van der Waals surface area contributed by atoms with Crippen LogP contribution in [0.2, 0.25) is 12.6 Å². The summed E-state index contributed by atoms with van der Waals surface area (Å²) in [6.07, 6.45) is -0.288. The lowest BCUT2D eigenvalue weighted by atomic mass is 10.2. The van der Waals surface area contributed by atoms with Crippen molar-refractivity contribution < 1.29 is 23.9 Å². The molecule has 0 rings (SSSR count). The summed E-state index contributed by atoms with van der Waals surface area (Å²) in [5.41, 5.74) is 0. The minimum atomic E-state index is -0.969. The van der Waals surface area contributed by atoms with Gasteiger partial charge in [0.25, 0.3) is 9.52 Å². The Morgan fingerprint density at radius 2 is 2.19 bits per heavy atom. The number of aldehydes is 1. The Kier molecular flexibility index (Phi) is 8.13. The highest BCUT2D eigenvalue weighted by Gasteiger charge is 2.21. The first-order valence-corrected chi connectivity index (χ1v) is 6.85. The average molecular weight is 246 g/mol. The van der Waals surface area contributed by atoms with Gasteiger partial charge in [0.05, 0.1) is 13.7 Å². The number of amides is 1. The highest BCUT2D eigenvalue weighted by atomic mass is 28.2. The first-order valence-electron chi connectivity index (χ1n) is 4.88. The van der Waals surface area contributed by atoms with Crippen LogP contribution in [0.3, 0.4) is 0 Å². The van der Waals surface area contributed by atoms with Gasteiger partial charge < -0.3 is 19.6 Å². The van der Waals surface area contributed by atoms with Crippen molar-refractivity contribution in [2.45, 2.75) is 25.1 Å². The second-order valence-corrected chi connectivity index (χ2v) is 4.35. The molecule has 90 valence electrons. The van der Waals surface area contributed by atoms with Crippen LogP contribution in [0.5, 0.6) is 0 Å². The molecule has 0 aromatic carbocycles. The van der Waals surface area contributed by atoms with Crippen LogP contribution in [0.1, 0.15) is 6.42 Å². The molecule has 0 aromatic heterocycles. The van der Waals surface area contributed by atoms with Gasteiger partial charge >= 0.3 is 12.1 Å². The van der Waals surface area contributed by atoms with Gasteiger partial charge in [-0.3, -0.25) is 0 Å². The van der Waals surface area contributed by atoms with Crippen molar-refractivity contribution in [2.24, 2.45) is 0 Å². The number of rotatable bonds is 7. The topological polar surface area (TPSA) is 81.7 Å². The van der Waals surface area contributed by atoms with E-state index >= 15 is 0 Å². The van der Waals surface area contributed by atoms with Gasteiger partial charge in [0.15, 0.2) is 0 Å². The van der Waals surface area contributed by atoms with Crippen LogP contribution in [-0.2, 0) is 19.1 Å². The van der Waals surface area contributed by atoms with Crippen molar-refractivity contribution in [1.82, 2.24) is 5.32 Å². The maximum absolute atomic E-state index is 11.2. The molecule has 0 aromatic rings. The van der Waals surface area contributed by atoms with Crippen molar-refractivity contribution in [1.29, 1.82) is 0 Å². The molecule has 0 radical (unpaired) electrons. The fraction of sp³-hybridized carbons (Fsp3) is 0.667. The summed E-state index contributed by atoms with van der Waals surface area (Å²) in [7, 11) is 1.47. The molecule has 1 N–H and O–H groups in total. The number of nitrogens with one attached hydrogen (secondary N) is 1. The molecule has 7 heteroatoms. The lowest BCUT2D eigenvalue weighted by Gasteiger charge is -2.13. The first kappa shape index (κ1) is 14.6. The van der Waals surface area contributed by atoms with Crippen molar-refractivity contribution in [2.75, 3.05) is 13.7 Å². The lowest BCUT2D eigenvalue weighted by Crippen LogP contribution is -2.42. The standard InChI is InChI=1S/C9H15NO5Si/c1-14-8(12)7(3-4-11)10-9(13)15-5-6-16-2/h4,7,16H,3,5-6H2,1-2H3/p+1/t7-/m0/s1. The van der Waals surface area contributed by atoms with E-state index in [2.05, 4.69) is 10.1 Å². The van der Waals surface area contributed by atoms with E-state index in [0.29, 0.717) is 12.9 Å². The molecule has 0 bridgehead atoms. The predicted octanol–water partition coefficient (Wildman–Crippen LogP) is -0.254. The van der Waals surface area contributed by atoms with Crippen LogP contribution >= 0.6 is 0 Å². The fourth-order valence-corrected chi connectivity index (χ4v) is 1.26. The summed E-state index contributed by atoms with van der Waals surface area (Å²) in [5.74, 6) is -0.662. The SMILES string of the molecule is COC(=O)[C@H](CC=O)NC(=O)OCC[SiH+]C. The summed E-state index contributed by atoms with van der Waals surface area (Å²) in [6, 6.07) is -0.131. The van der Waals surface area contributed by atoms with Crippen LogP contribution in [0.15, 0.2) is 0 Å². The molecular weight excluding hydrogens is 230 g/mol. The molecule has 0 unspecified atom stereocenters. The van der Waals surface area contributed by atoms with Crippen molar-refractivity contribution in [3.63, 3.8) is 0 Å². The van der Waals surface area contributed by atoms with Gasteiger partial charge in [-0.2, -0.15) is 0 Å². The molecule has 0 saturated heterocycles. The van der Waals surface area contributed by atoms with Crippen molar-refractivity contribution in [3.05, 3.63) is 0 Å². The highest BCUT2D eigenvalue weighted by molar-refractivity contribution is 6.33. The fourth-order valence-electron chi connectivity index (χ4n) is 0.906. The van der Waals surface area contributed by atoms with Gasteiger partial charge in [-0.1, -0.05) is 0 Å². The van der Waals surface area contributed by atoms with E-state index in [0.717, 1.165) is 6.04 Å². The van der Waals surface area contributed by atoms with Gasteiger partial charge in [-0.05, 0) is 0 Å². The third-order valence-corrected chi connectivity index (χ3v) is 2.56. The highest BCUT2D eigenvalue weighted by Crippen LogP contribution is 1.94. The molecule has 0 aliphatic carbocycles. The Balaban J connectivity index is 4.02. The third kappa shape index (κ3) is 6.17. The largest absolute Gasteiger partial charge is 0.467 e. The van der Waals surface area contributed by atoms with Crippen molar-refractivity contribution >= 4 is 27.9 Å². The van der Waals surface area contributed by atoms with Crippen LogP contribution < -0.4 is 5.32 Å². The number of carbonyl (C=O) groups excluding carboxylic acids is 3. The summed E-state index contributed by atoms with van der Waals surface area (Å²) >= 11 is 0. The summed E-state index contributed by atoms with van der Waals surface area (Å²) in [6.45, 7) is 2.37. The average Bonchev–Trinajstić information content (AvgIpc) is 2.28. The van der Waals surface area contributed by atoms with Crippen LogP contribution in [0, 0.1) is 0 Å². The molecule has 0 heterocycles. The summed E-state index contributed by atoms with van der Waals surface area (Å²) < 4.78 is 9.23.